The van der Waals surface area contributed by atoms with Crippen LogP contribution in [0.3, 0.4) is 0 Å². The zero-order valence-corrected chi connectivity index (χ0v) is 11.5. The van der Waals surface area contributed by atoms with Crippen LogP contribution in [0.5, 0.6) is 0 Å². The van der Waals surface area contributed by atoms with Crippen molar-refractivity contribution in [3.63, 3.8) is 0 Å². The van der Waals surface area contributed by atoms with Crippen molar-refractivity contribution >= 4 is 31.6 Å². The van der Waals surface area contributed by atoms with E-state index in [2.05, 4.69) is 15.9 Å². The van der Waals surface area contributed by atoms with Gasteiger partial charge in [0.25, 0.3) is 0 Å². The van der Waals surface area contributed by atoms with Crippen molar-refractivity contribution in [3.8, 4) is 6.07 Å². The van der Waals surface area contributed by atoms with Gasteiger partial charge in [0.2, 0.25) is 10.0 Å². The van der Waals surface area contributed by atoms with E-state index < -0.39 is 10.0 Å². The van der Waals surface area contributed by atoms with Gasteiger partial charge in [-0.15, -0.1) is 0 Å². The molecule has 0 radical (unpaired) electrons. The number of nitriles is 1. The summed E-state index contributed by atoms with van der Waals surface area (Å²) in [5.41, 5.74) is 0.861. The Kier molecular flexibility index (Phi) is 3.40. The molecule has 0 unspecified atom stereocenters. The molecule has 1 fully saturated rings. The third kappa shape index (κ3) is 2.45. The molecule has 0 atom stereocenters. The molecule has 0 amide bonds. The first-order chi connectivity index (χ1) is 8.04. The smallest absolute Gasteiger partial charge is 0.235 e. The van der Waals surface area contributed by atoms with Crippen molar-refractivity contribution in [2.75, 3.05) is 16.6 Å². The average molecular weight is 315 g/mol. The van der Waals surface area contributed by atoms with Crippen LogP contribution >= 0.6 is 15.9 Å². The Morgan fingerprint density at radius 1 is 1.35 bits per heavy atom. The molecule has 90 valence electrons. The molecule has 0 bridgehead atoms. The molecule has 0 N–H and O–H groups in total. The first-order valence-electron chi connectivity index (χ1n) is 5.25. The fourth-order valence-corrected chi connectivity index (χ4v) is 3.89. The largest absolute Gasteiger partial charge is 0.269 e. The van der Waals surface area contributed by atoms with Crippen molar-refractivity contribution in [2.45, 2.75) is 12.8 Å². The van der Waals surface area contributed by atoms with Crippen molar-refractivity contribution in [1.29, 1.82) is 5.26 Å². The minimum absolute atomic E-state index is 0.161. The molecule has 1 heterocycles. The Morgan fingerprint density at radius 2 is 2.12 bits per heavy atom. The highest BCUT2D eigenvalue weighted by Crippen LogP contribution is 2.28. The van der Waals surface area contributed by atoms with Gasteiger partial charge in [-0.05, 0) is 31.0 Å². The molecule has 6 heteroatoms. The van der Waals surface area contributed by atoms with Gasteiger partial charge >= 0.3 is 0 Å². The highest BCUT2D eigenvalue weighted by Gasteiger charge is 2.27. The van der Waals surface area contributed by atoms with Crippen LogP contribution in [0.1, 0.15) is 18.4 Å². The lowest BCUT2D eigenvalue weighted by molar-refractivity contribution is 0.574. The summed E-state index contributed by atoms with van der Waals surface area (Å²) in [5.74, 6) is 0.161. The Labute approximate surface area is 109 Å². The quantitative estimate of drug-likeness (QED) is 0.798. The van der Waals surface area contributed by atoms with Gasteiger partial charge < -0.3 is 0 Å². The second kappa shape index (κ2) is 4.67. The third-order valence-corrected chi connectivity index (χ3v) is 5.05. The molecule has 1 aliphatic rings. The number of halogens is 1. The Balaban J connectivity index is 2.50. The normalized spacial score (nSPS) is 18.7. The molecule has 1 aromatic carbocycles. The number of hydrogen-bond acceptors (Lipinski definition) is 3. The maximum Gasteiger partial charge on any atom is 0.235 e. The van der Waals surface area contributed by atoms with Crippen LogP contribution in [0.2, 0.25) is 0 Å². The van der Waals surface area contributed by atoms with Gasteiger partial charge in [0.1, 0.15) is 6.07 Å². The van der Waals surface area contributed by atoms with Crippen molar-refractivity contribution < 1.29 is 8.42 Å². The zero-order chi connectivity index (χ0) is 12.5. The highest BCUT2D eigenvalue weighted by molar-refractivity contribution is 9.10. The summed E-state index contributed by atoms with van der Waals surface area (Å²) in [6.07, 6.45) is 1.53. The first kappa shape index (κ1) is 12.4. The summed E-state index contributed by atoms with van der Waals surface area (Å²) >= 11 is 3.27. The maximum absolute atomic E-state index is 11.9. The number of benzene rings is 1. The van der Waals surface area contributed by atoms with Crippen LogP contribution in [-0.2, 0) is 10.0 Å². The van der Waals surface area contributed by atoms with E-state index in [1.54, 1.807) is 18.2 Å². The van der Waals surface area contributed by atoms with Gasteiger partial charge in [-0.3, -0.25) is 4.31 Å². The van der Waals surface area contributed by atoms with E-state index in [0.717, 1.165) is 10.9 Å². The molecule has 0 aromatic heterocycles. The maximum atomic E-state index is 11.9. The van der Waals surface area contributed by atoms with Crippen molar-refractivity contribution in [3.05, 3.63) is 28.2 Å². The number of rotatable bonds is 1. The molecule has 2 rings (SSSR count). The molecule has 0 aliphatic carbocycles. The predicted octanol–water partition coefficient (Wildman–Crippen LogP) is 2.25. The van der Waals surface area contributed by atoms with Crippen LogP contribution in [0.25, 0.3) is 0 Å². The molecule has 1 aromatic rings. The van der Waals surface area contributed by atoms with Crippen molar-refractivity contribution in [1.82, 2.24) is 0 Å². The van der Waals surface area contributed by atoms with E-state index in [9.17, 15) is 8.42 Å². The molecule has 4 nitrogen and oxygen atoms in total. The van der Waals surface area contributed by atoms with Crippen LogP contribution in [0.4, 0.5) is 5.69 Å². The third-order valence-electron chi connectivity index (χ3n) is 2.70. The van der Waals surface area contributed by atoms with Crippen LogP contribution < -0.4 is 4.31 Å². The summed E-state index contributed by atoms with van der Waals surface area (Å²) in [4.78, 5) is 0. The molecular formula is C11H11BrN2O2S. The first-order valence-corrected chi connectivity index (χ1v) is 7.65. The van der Waals surface area contributed by atoms with E-state index in [0.29, 0.717) is 24.2 Å². The molecule has 1 saturated heterocycles. The van der Waals surface area contributed by atoms with E-state index in [1.807, 2.05) is 6.07 Å². The summed E-state index contributed by atoms with van der Waals surface area (Å²) < 4.78 is 26.0. The number of hydrogen-bond donors (Lipinski definition) is 0. The van der Waals surface area contributed by atoms with E-state index >= 15 is 0 Å². The summed E-state index contributed by atoms with van der Waals surface area (Å²) in [6.45, 7) is 0.457. The number of anilines is 1. The van der Waals surface area contributed by atoms with Gasteiger partial charge in [0, 0.05) is 11.0 Å². The van der Waals surface area contributed by atoms with Gasteiger partial charge in [0.15, 0.2) is 0 Å². The lowest BCUT2D eigenvalue weighted by Crippen LogP contribution is -2.38. The van der Waals surface area contributed by atoms with Gasteiger partial charge in [0.05, 0.1) is 17.0 Å². The van der Waals surface area contributed by atoms with Crippen LogP contribution in [-0.4, -0.2) is 20.7 Å². The van der Waals surface area contributed by atoms with Gasteiger partial charge in [-0.25, -0.2) is 8.42 Å². The summed E-state index contributed by atoms with van der Waals surface area (Å²) in [7, 11) is -3.26. The van der Waals surface area contributed by atoms with Crippen LogP contribution in [0, 0.1) is 11.3 Å². The molecule has 17 heavy (non-hydrogen) atoms. The standard InChI is InChI=1S/C11H11BrN2O2S/c12-10-3-4-11(9(7-10)8-13)14-5-1-2-6-17(14,15)16/h3-4,7H,1-2,5-6H2. The van der Waals surface area contributed by atoms with E-state index in [-0.39, 0.29) is 5.75 Å². The van der Waals surface area contributed by atoms with Crippen LogP contribution in [0.15, 0.2) is 22.7 Å². The second-order valence-corrected chi connectivity index (χ2v) is 6.80. The minimum atomic E-state index is -3.26. The second-order valence-electron chi connectivity index (χ2n) is 3.87. The predicted molar refractivity (Wildman–Crippen MR) is 69.2 cm³/mol. The SMILES string of the molecule is N#Cc1cc(Br)ccc1N1CCCCS1(=O)=O. The lowest BCUT2D eigenvalue weighted by Gasteiger charge is -2.28. The highest BCUT2D eigenvalue weighted by atomic mass is 79.9. The number of nitrogens with zero attached hydrogens (tertiary/aromatic N) is 2. The summed E-state index contributed by atoms with van der Waals surface area (Å²) in [5, 5.41) is 9.05. The average Bonchev–Trinajstić information content (AvgIpc) is 2.29. The van der Waals surface area contributed by atoms with Gasteiger partial charge in [-0.1, -0.05) is 15.9 Å². The van der Waals surface area contributed by atoms with Gasteiger partial charge in [-0.2, -0.15) is 5.26 Å². The summed E-state index contributed by atoms with van der Waals surface area (Å²) in [6, 6.07) is 7.10. The van der Waals surface area contributed by atoms with E-state index in [1.165, 1.54) is 4.31 Å². The Bertz CT molecular complexity index is 578. The van der Waals surface area contributed by atoms with E-state index in [4.69, 9.17) is 5.26 Å². The Morgan fingerprint density at radius 3 is 2.76 bits per heavy atom. The monoisotopic (exact) mass is 314 g/mol. The minimum Gasteiger partial charge on any atom is -0.269 e. The molecule has 1 aliphatic heterocycles. The topological polar surface area (TPSA) is 61.2 Å². The molecule has 0 saturated carbocycles. The molecular weight excluding hydrogens is 304 g/mol. The fourth-order valence-electron chi connectivity index (χ4n) is 1.87. The lowest BCUT2D eigenvalue weighted by atomic mass is 10.2. The fraction of sp³-hybridized carbons (Fsp3) is 0.364. The zero-order valence-electron chi connectivity index (χ0n) is 9.06. The number of sulfonamides is 1. The van der Waals surface area contributed by atoms with Crippen molar-refractivity contribution in [2.24, 2.45) is 0 Å². The molecule has 0 spiro atoms. The Hall–Kier alpha value is -1.06.